The van der Waals surface area contributed by atoms with E-state index in [0.29, 0.717) is 12.8 Å². The first-order valence-corrected chi connectivity index (χ1v) is 8.89. The lowest BCUT2D eigenvalue weighted by Crippen LogP contribution is -2.28. The van der Waals surface area contributed by atoms with Crippen molar-refractivity contribution in [3.63, 3.8) is 0 Å². The van der Waals surface area contributed by atoms with Gasteiger partial charge in [-0.15, -0.1) is 11.3 Å². The van der Waals surface area contributed by atoms with E-state index >= 15 is 0 Å². The van der Waals surface area contributed by atoms with Gasteiger partial charge in [0.15, 0.2) is 0 Å². The van der Waals surface area contributed by atoms with Gasteiger partial charge in [0, 0.05) is 18.2 Å². The highest BCUT2D eigenvalue weighted by molar-refractivity contribution is 7.09. The van der Waals surface area contributed by atoms with Crippen LogP contribution in [-0.2, 0) is 16.0 Å². The quantitative estimate of drug-likeness (QED) is 0.728. The van der Waals surface area contributed by atoms with Crippen molar-refractivity contribution in [3.05, 3.63) is 52.0 Å². The third kappa shape index (κ3) is 6.12. The van der Waals surface area contributed by atoms with Crippen molar-refractivity contribution in [1.82, 2.24) is 10.3 Å². The van der Waals surface area contributed by atoms with Crippen molar-refractivity contribution in [1.29, 1.82) is 0 Å². The van der Waals surface area contributed by atoms with Crippen LogP contribution < -0.4 is 5.32 Å². The van der Waals surface area contributed by atoms with Gasteiger partial charge in [-0.1, -0.05) is 30.3 Å². The molecule has 1 aromatic heterocycles. The molecule has 0 aliphatic carbocycles. The Balaban J connectivity index is 1.85. The number of hydrogen-bond donors (Lipinski definition) is 2. The molecule has 1 heterocycles. The van der Waals surface area contributed by atoms with Crippen LogP contribution in [0.5, 0.6) is 0 Å². The monoisotopic (exact) mass is 346 g/mol. The molecule has 6 heteroatoms. The number of benzene rings is 1. The van der Waals surface area contributed by atoms with Crippen molar-refractivity contribution in [2.45, 2.75) is 45.1 Å². The minimum atomic E-state index is -0.857. The zero-order valence-electron chi connectivity index (χ0n) is 13.7. The number of aromatic nitrogens is 1. The molecule has 0 aliphatic rings. The summed E-state index contributed by atoms with van der Waals surface area (Å²) in [6.45, 7) is 1.97. The summed E-state index contributed by atoms with van der Waals surface area (Å²) < 4.78 is 0. The Morgan fingerprint density at radius 2 is 2.00 bits per heavy atom. The first kappa shape index (κ1) is 18.1. The molecule has 24 heavy (non-hydrogen) atoms. The van der Waals surface area contributed by atoms with E-state index in [1.807, 2.05) is 42.6 Å². The normalized spacial score (nSPS) is 11.9. The Bertz CT molecular complexity index is 670. The molecule has 5 nitrogen and oxygen atoms in total. The Hall–Kier alpha value is -2.21. The number of carbonyl (C=O) groups excluding carboxylic acids is 1. The van der Waals surface area contributed by atoms with Gasteiger partial charge in [-0.05, 0) is 31.7 Å². The van der Waals surface area contributed by atoms with Gasteiger partial charge in [-0.3, -0.25) is 9.59 Å². The van der Waals surface area contributed by atoms with Gasteiger partial charge in [-0.25, -0.2) is 4.98 Å². The van der Waals surface area contributed by atoms with Crippen LogP contribution in [-0.4, -0.2) is 22.0 Å². The molecular weight excluding hydrogens is 324 g/mol. The second-order valence-electron chi connectivity index (χ2n) is 5.67. The maximum absolute atomic E-state index is 12.2. The molecule has 128 valence electrons. The third-order valence-corrected chi connectivity index (χ3v) is 4.51. The van der Waals surface area contributed by atoms with Crippen LogP contribution in [0.3, 0.4) is 0 Å². The zero-order valence-corrected chi connectivity index (χ0v) is 14.5. The number of carboxylic acids is 1. The molecule has 0 saturated carbocycles. The zero-order chi connectivity index (χ0) is 17.4. The first-order chi connectivity index (χ1) is 11.5. The molecule has 2 N–H and O–H groups in total. The summed E-state index contributed by atoms with van der Waals surface area (Å²) in [6.07, 6.45) is 2.33. The van der Waals surface area contributed by atoms with Crippen LogP contribution >= 0.6 is 11.3 Å². The fraction of sp³-hybridized carbons (Fsp3) is 0.389. The SMILES string of the molecule is Cc1nc(CCCC(=O)NC(CCC(=O)O)c2ccccc2)cs1. The largest absolute Gasteiger partial charge is 0.481 e. The lowest BCUT2D eigenvalue weighted by atomic mass is 10.0. The minimum Gasteiger partial charge on any atom is -0.481 e. The van der Waals surface area contributed by atoms with Gasteiger partial charge in [0.25, 0.3) is 0 Å². The van der Waals surface area contributed by atoms with Crippen molar-refractivity contribution in [2.24, 2.45) is 0 Å². The number of nitrogens with one attached hydrogen (secondary N) is 1. The van der Waals surface area contributed by atoms with Crippen molar-refractivity contribution >= 4 is 23.2 Å². The molecule has 2 aromatic rings. The van der Waals surface area contributed by atoms with Crippen LogP contribution in [0.15, 0.2) is 35.7 Å². The van der Waals surface area contributed by atoms with E-state index in [0.717, 1.165) is 29.1 Å². The molecule has 0 aliphatic heterocycles. The minimum absolute atomic E-state index is 0.0257. The summed E-state index contributed by atoms with van der Waals surface area (Å²) in [4.78, 5) is 27.4. The molecule has 1 unspecified atom stereocenters. The highest BCUT2D eigenvalue weighted by Crippen LogP contribution is 2.19. The van der Waals surface area contributed by atoms with Gasteiger partial charge in [-0.2, -0.15) is 0 Å². The first-order valence-electron chi connectivity index (χ1n) is 8.01. The lowest BCUT2D eigenvalue weighted by Gasteiger charge is -2.18. The molecule has 2 rings (SSSR count). The van der Waals surface area contributed by atoms with Crippen LogP contribution in [0.25, 0.3) is 0 Å². The molecule has 1 aromatic carbocycles. The smallest absolute Gasteiger partial charge is 0.303 e. The highest BCUT2D eigenvalue weighted by Gasteiger charge is 2.15. The predicted octanol–water partition coefficient (Wildman–Crippen LogP) is 3.50. The molecule has 0 spiro atoms. The summed E-state index contributed by atoms with van der Waals surface area (Å²) in [5.41, 5.74) is 1.96. The summed E-state index contributed by atoms with van der Waals surface area (Å²) in [5, 5.41) is 14.9. The van der Waals surface area contributed by atoms with Gasteiger partial charge >= 0.3 is 5.97 Å². The molecule has 1 amide bonds. The Morgan fingerprint density at radius 1 is 1.25 bits per heavy atom. The number of aliphatic carboxylic acids is 1. The second kappa shape index (κ2) is 9.17. The number of carboxylic acid groups (broad SMARTS) is 1. The fourth-order valence-electron chi connectivity index (χ4n) is 2.49. The summed E-state index contributed by atoms with van der Waals surface area (Å²) in [5.74, 6) is -0.912. The van der Waals surface area contributed by atoms with Crippen molar-refractivity contribution in [2.75, 3.05) is 0 Å². The predicted molar refractivity (Wildman–Crippen MR) is 94.0 cm³/mol. The van der Waals surface area contributed by atoms with Crippen LogP contribution in [0.4, 0.5) is 0 Å². The van der Waals surface area contributed by atoms with E-state index in [1.165, 1.54) is 0 Å². The maximum Gasteiger partial charge on any atom is 0.303 e. The standard InChI is InChI=1S/C18H22N2O3S/c1-13-19-15(12-24-13)8-5-9-17(21)20-16(10-11-18(22)23)14-6-3-2-4-7-14/h2-4,6-7,12,16H,5,8-11H2,1H3,(H,20,21)(H,22,23). The number of hydrogen-bond acceptors (Lipinski definition) is 4. The van der Waals surface area contributed by atoms with Gasteiger partial charge < -0.3 is 10.4 Å². The average molecular weight is 346 g/mol. The van der Waals surface area contributed by atoms with Gasteiger partial charge in [0.05, 0.1) is 16.7 Å². The van der Waals surface area contributed by atoms with E-state index in [4.69, 9.17) is 5.11 Å². The molecule has 0 fully saturated rings. The number of aryl methyl sites for hydroxylation is 2. The van der Waals surface area contributed by atoms with Gasteiger partial charge in [0.1, 0.15) is 0 Å². The number of carbonyl (C=O) groups is 2. The summed E-state index contributed by atoms with van der Waals surface area (Å²) in [6, 6.07) is 9.22. The third-order valence-electron chi connectivity index (χ3n) is 3.69. The Morgan fingerprint density at radius 3 is 2.62 bits per heavy atom. The van der Waals surface area contributed by atoms with Crippen LogP contribution in [0.1, 0.15) is 48.0 Å². The average Bonchev–Trinajstić information content (AvgIpc) is 2.97. The van der Waals surface area contributed by atoms with E-state index in [1.54, 1.807) is 11.3 Å². The second-order valence-corrected chi connectivity index (χ2v) is 6.74. The maximum atomic E-state index is 12.2. The molecule has 1 atom stereocenters. The number of nitrogens with zero attached hydrogens (tertiary/aromatic N) is 1. The molecular formula is C18H22N2O3S. The number of thiazole rings is 1. The van der Waals surface area contributed by atoms with E-state index in [-0.39, 0.29) is 18.4 Å². The fourth-order valence-corrected chi connectivity index (χ4v) is 3.14. The molecule has 0 saturated heterocycles. The van der Waals surface area contributed by atoms with Crippen molar-refractivity contribution < 1.29 is 14.7 Å². The van der Waals surface area contributed by atoms with Crippen molar-refractivity contribution in [3.8, 4) is 0 Å². The lowest BCUT2D eigenvalue weighted by molar-refractivity contribution is -0.137. The summed E-state index contributed by atoms with van der Waals surface area (Å²) in [7, 11) is 0. The Kier molecular flexibility index (Phi) is 6.93. The number of rotatable bonds is 9. The topological polar surface area (TPSA) is 79.3 Å². The number of amides is 1. The summed E-state index contributed by atoms with van der Waals surface area (Å²) >= 11 is 1.61. The Labute approximate surface area is 145 Å². The van der Waals surface area contributed by atoms with Gasteiger partial charge in [0.2, 0.25) is 5.91 Å². The molecule has 0 bridgehead atoms. The molecule has 0 radical (unpaired) electrons. The van der Waals surface area contributed by atoms with Crippen LogP contribution in [0, 0.1) is 6.92 Å². The van der Waals surface area contributed by atoms with E-state index in [9.17, 15) is 9.59 Å². The van der Waals surface area contributed by atoms with E-state index in [2.05, 4.69) is 10.3 Å². The van der Waals surface area contributed by atoms with Crippen LogP contribution in [0.2, 0.25) is 0 Å². The van der Waals surface area contributed by atoms with E-state index < -0.39 is 5.97 Å². The highest BCUT2D eigenvalue weighted by atomic mass is 32.1.